The summed E-state index contributed by atoms with van der Waals surface area (Å²) in [5.41, 5.74) is 24.3. The van der Waals surface area contributed by atoms with Crippen molar-refractivity contribution in [2.24, 2.45) is 0 Å². The first-order valence-corrected chi connectivity index (χ1v) is 43.8. The normalized spacial score (nSPS) is 12.4. The Morgan fingerprint density at radius 3 is 1.17 bits per heavy atom. The zero-order valence-electron chi connectivity index (χ0n) is 62.4. The predicted molar refractivity (Wildman–Crippen MR) is 508 cm³/mol. The molecule has 4 nitrogen and oxygen atoms in total. The van der Waals surface area contributed by atoms with E-state index in [1.54, 1.807) is 0 Å². The molecular weight excluding hydrogens is 1520 g/mol. The summed E-state index contributed by atoms with van der Waals surface area (Å²) in [5.74, 6) is 0. The molecule has 0 saturated carbocycles. The molecule has 0 amide bonds. The fourth-order valence-corrected chi connectivity index (χ4v) is 26.0. The van der Waals surface area contributed by atoms with E-state index in [-0.39, 0.29) is 0 Å². The van der Waals surface area contributed by atoms with Crippen LogP contribution >= 0.6 is 56.7 Å². The number of para-hydroxylation sites is 4. The molecule has 0 aliphatic heterocycles. The van der Waals surface area contributed by atoms with Crippen LogP contribution in [-0.2, 0) is 0 Å². The number of furan rings is 1. The highest BCUT2D eigenvalue weighted by Crippen LogP contribution is 2.54. The molecule has 117 heavy (non-hydrogen) atoms. The van der Waals surface area contributed by atoms with Crippen molar-refractivity contribution >= 4 is 245 Å². The number of hydrogen-bond donors (Lipinski definition) is 0. The highest BCUT2D eigenvalue weighted by Gasteiger charge is 2.28. The molecule has 0 aliphatic carbocycles. The summed E-state index contributed by atoms with van der Waals surface area (Å²) >= 11 is 9.46. The van der Waals surface area contributed by atoms with Crippen molar-refractivity contribution in [2.45, 2.75) is 0 Å². The number of aromatic nitrogens is 3. The van der Waals surface area contributed by atoms with Crippen molar-refractivity contribution in [1.29, 1.82) is 0 Å². The second-order valence-corrected chi connectivity index (χ2v) is 36.4. The number of thiophene rings is 5. The molecule has 0 spiro atoms. The molecule has 0 saturated heterocycles. The minimum Gasteiger partial charge on any atom is -0.455 e. The van der Waals surface area contributed by atoms with Crippen molar-refractivity contribution in [2.75, 3.05) is 0 Å². The van der Waals surface area contributed by atoms with Crippen LogP contribution in [0.1, 0.15) is 0 Å². The molecular formula is C108H59N3OS5. The van der Waals surface area contributed by atoms with Gasteiger partial charge in [0.1, 0.15) is 11.2 Å². The lowest BCUT2D eigenvalue weighted by molar-refractivity contribution is 0.670. The third-order valence-electron chi connectivity index (χ3n) is 25.1. The quantitative estimate of drug-likeness (QED) is 0.149. The summed E-state index contributed by atoms with van der Waals surface area (Å²) in [6.07, 6.45) is 0. The Balaban J connectivity index is 0.566. The van der Waals surface area contributed by atoms with Crippen LogP contribution in [0.2, 0.25) is 0 Å². The highest BCUT2D eigenvalue weighted by atomic mass is 32.1. The van der Waals surface area contributed by atoms with E-state index in [1.165, 1.54) is 205 Å². The fourth-order valence-electron chi connectivity index (χ4n) is 19.9. The van der Waals surface area contributed by atoms with Crippen molar-refractivity contribution in [1.82, 2.24) is 13.7 Å². The van der Waals surface area contributed by atoms with Gasteiger partial charge in [-0.05, 0) is 171 Å². The average molecular weight is 1580 g/mol. The Labute approximate surface area is 687 Å². The lowest BCUT2D eigenvalue weighted by Gasteiger charge is -2.12. The minimum absolute atomic E-state index is 0.862. The summed E-state index contributed by atoms with van der Waals surface area (Å²) in [6.45, 7) is 0. The standard InChI is InChI=1S/C108H59N3OS5/c1-8-30-88-71(18-1)75-52-53-78-72-19-4-11-33-92(72)115-106(78)101(75)109(88)65-50-42-62(43-51-65)70-27-16-29-77-85-57-64(45-55-96(85)114-105(70)77)83-59-87-74-21-6-13-35-94(74)117-108(87)103-100(83)80-23-3-10-32-90(80)111(103)67-48-40-61(41-49-67)69-26-15-28-76-84-56-63(44-54-91(84)112-104(69)76)82-58-86-73-20-5-12-34-93(73)116-107(86)102-99(82)79-22-2-9-31-89(79)110(102)66-46-38-60(39-47-66)68-25-17-37-97-98(68)81-24-7-14-36-95(81)113-97/h1-59H. The van der Waals surface area contributed by atoms with E-state index in [2.05, 4.69) is 372 Å². The van der Waals surface area contributed by atoms with Gasteiger partial charge in [-0.3, -0.25) is 0 Å². The first-order chi connectivity index (χ1) is 58.0. The minimum atomic E-state index is 0.862. The smallest absolute Gasteiger partial charge is 0.143 e. The molecule has 542 valence electrons. The van der Waals surface area contributed by atoms with Gasteiger partial charge in [0.05, 0.1) is 47.2 Å². The van der Waals surface area contributed by atoms with Crippen LogP contribution < -0.4 is 0 Å². The Morgan fingerprint density at radius 2 is 0.573 bits per heavy atom. The molecule has 27 rings (SSSR count). The largest absolute Gasteiger partial charge is 0.455 e. The van der Waals surface area contributed by atoms with Gasteiger partial charge >= 0.3 is 0 Å². The monoisotopic (exact) mass is 1570 g/mol. The molecule has 9 heteroatoms. The fraction of sp³-hybridized carbons (Fsp3) is 0. The first kappa shape index (κ1) is 64.6. The Morgan fingerprint density at radius 1 is 0.188 bits per heavy atom. The third-order valence-corrected chi connectivity index (χ3v) is 31.0. The zero-order chi connectivity index (χ0) is 76.0. The number of nitrogens with zero attached hydrogens (tertiary/aromatic N) is 3. The molecule has 18 aromatic carbocycles. The van der Waals surface area contributed by atoms with E-state index in [0.717, 1.165) is 55.7 Å². The van der Waals surface area contributed by atoms with Gasteiger partial charge < -0.3 is 18.1 Å². The van der Waals surface area contributed by atoms with E-state index in [9.17, 15) is 0 Å². The molecule has 0 aliphatic rings. The van der Waals surface area contributed by atoms with E-state index in [4.69, 9.17) is 4.42 Å². The number of hydrogen-bond acceptors (Lipinski definition) is 6. The zero-order valence-corrected chi connectivity index (χ0v) is 66.4. The van der Waals surface area contributed by atoms with E-state index in [0.29, 0.717) is 0 Å². The van der Waals surface area contributed by atoms with Gasteiger partial charge in [0.2, 0.25) is 0 Å². The van der Waals surface area contributed by atoms with Gasteiger partial charge in [-0.25, -0.2) is 0 Å². The molecule has 0 bridgehead atoms. The lowest BCUT2D eigenvalue weighted by atomic mass is 9.95. The van der Waals surface area contributed by atoms with Gasteiger partial charge in [0.15, 0.2) is 0 Å². The second kappa shape index (κ2) is 24.4. The van der Waals surface area contributed by atoms with Crippen LogP contribution in [0.25, 0.3) is 261 Å². The van der Waals surface area contributed by atoms with Crippen LogP contribution in [0.4, 0.5) is 0 Å². The average Bonchev–Trinajstić information content (AvgIpc) is 1.56. The van der Waals surface area contributed by atoms with Crippen molar-refractivity contribution in [3.05, 3.63) is 358 Å². The van der Waals surface area contributed by atoms with E-state index < -0.39 is 0 Å². The molecule has 0 atom stereocenters. The molecule has 0 unspecified atom stereocenters. The molecule has 9 heterocycles. The maximum Gasteiger partial charge on any atom is 0.143 e. The molecule has 27 aromatic rings. The van der Waals surface area contributed by atoms with Gasteiger partial charge in [-0.15, -0.1) is 56.7 Å². The number of benzene rings is 18. The predicted octanol–water partition coefficient (Wildman–Crippen LogP) is 33.1. The van der Waals surface area contributed by atoms with Crippen LogP contribution in [0.15, 0.2) is 362 Å². The Kier molecular flexibility index (Phi) is 13.5. The number of fused-ring (bicyclic) bond motifs is 30. The maximum absolute atomic E-state index is 7.12. The lowest BCUT2D eigenvalue weighted by Crippen LogP contribution is -1.94. The van der Waals surface area contributed by atoms with Crippen LogP contribution in [0, 0.1) is 0 Å². The van der Waals surface area contributed by atoms with Crippen LogP contribution in [0.5, 0.6) is 0 Å². The molecule has 0 fully saturated rings. The van der Waals surface area contributed by atoms with Crippen molar-refractivity contribution in [3.63, 3.8) is 0 Å². The summed E-state index contributed by atoms with van der Waals surface area (Å²) in [4.78, 5) is 0. The van der Waals surface area contributed by atoms with Crippen LogP contribution in [0.3, 0.4) is 0 Å². The van der Waals surface area contributed by atoms with Crippen molar-refractivity contribution < 1.29 is 4.42 Å². The van der Waals surface area contributed by atoms with Crippen LogP contribution in [-0.4, -0.2) is 13.7 Å². The van der Waals surface area contributed by atoms with Gasteiger partial charge in [0, 0.05) is 152 Å². The Bertz CT molecular complexity index is 9020. The van der Waals surface area contributed by atoms with E-state index in [1.807, 2.05) is 56.7 Å². The Hall–Kier alpha value is -13.7. The summed E-state index contributed by atoms with van der Waals surface area (Å²) in [6, 6.07) is 134. The van der Waals surface area contributed by atoms with E-state index >= 15 is 0 Å². The summed E-state index contributed by atoms with van der Waals surface area (Å²) < 4.78 is 27.6. The topological polar surface area (TPSA) is 27.9 Å². The second-order valence-electron chi connectivity index (χ2n) is 31.1. The highest BCUT2D eigenvalue weighted by molar-refractivity contribution is 7.28. The first-order valence-electron chi connectivity index (χ1n) is 39.7. The summed E-state index contributed by atoms with van der Waals surface area (Å²) in [7, 11) is 0. The van der Waals surface area contributed by atoms with Crippen molar-refractivity contribution in [3.8, 4) is 72.7 Å². The van der Waals surface area contributed by atoms with Gasteiger partial charge in [-0.1, -0.05) is 237 Å². The third kappa shape index (κ3) is 9.20. The summed E-state index contributed by atoms with van der Waals surface area (Å²) in [5, 5.41) is 22.6. The SMILES string of the molecule is c1ccc2c(c1)sc1c2ccc2c3ccccc3n(-c3ccc(-c4cccc5c4sc4ccc(-c6cc7c8ccccc8sc7c7c6c6ccccc6n7-c6ccc(-c7cccc8c7oc7ccc(-c9cc%10c%11ccccc%11sc%10c%10c9c9ccccc9n%10-c9ccc(-c%10cccc%11sc%12ccccc%12c%10%11)cc9)cc78)cc6)cc45)cc3)c21. The molecule has 0 N–H and O–H groups in total. The number of rotatable bonds is 8. The molecule has 9 aromatic heterocycles. The van der Waals surface area contributed by atoms with Gasteiger partial charge in [-0.2, -0.15) is 0 Å². The molecule has 0 radical (unpaired) electrons. The van der Waals surface area contributed by atoms with Gasteiger partial charge in [0.25, 0.3) is 0 Å². The maximum atomic E-state index is 7.12.